The van der Waals surface area contributed by atoms with Gasteiger partial charge in [0.05, 0.1) is 12.6 Å². The zero-order valence-corrected chi connectivity index (χ0v) is 11.2. The van der Waals surface area contributed by atoms with Crippen molar-refractivity contribution in [2.75, 3.05) is 7.11 Å². The Bertz CT molecular complexity index is 696. The molecule has 0 atom stereocenters. The molecule has 2 heterocycles. The number of methoxy groups -OCH3 is 1. The van der Waals surface area contributed by atoms with Crippen LogP contribution in [0.4, 0.5) is 0 Å². The average Bonchev–Trinajstić information content (AvgIpc) is 3.02. The second kappa shape index (κ2) is 4.80. The molecule has 1 aromatic carbocycles. The van der Waals surface area contributed by atoms with Gasteiger partial charge in [-0.2, -0.15) is 5.10 Å². The third-order valence-electron chi connectivity index (χ3n) is 3.52. The molecule has 0 unspecified atom stereocenters. The Morgan fingerprint density at radius 3 is 2.84 bits per heavy atom. The first-order valence-electron chi connectivity index (χ1n) is 6.38. The summed E-state index contributed by atoms with van der Waals surface area (Å²) in [6, 6.07) is 10.3. The van der Waals surface area contributed by atoms with Gasteiger partial charge in [-0.05, 0) is 24.3 Å². The minimum absolute atomic E-state index is 0.928. The number of hydrogen-bond acceptors (Lipinski definition) is 2. The average molecular weight is 255 g/mol. The Morgan fingerprint density at radius 1 is 1.21 bits per heavy atom. The predicted octanol–water partition coefficient (Wildman–Crippen LogP) is 2.63. The second-order valence-corrected chi connectivity index (χ2v) is 4.60. The highest BCUT2D eigenvalue weighted by Gasteiger charge is 2.06. The van der Waals surface area contributed by atoms with Crippen LogP contribution in [0, 0.1) is 0 Å². The van der Waals surface area contributed by atoms with Crippen molar-refractivity contribution in [1.82, 2.24) is 14.3 Å². The normalized spacial score (nSPS) is 11.1. The smallest absolute Gasteiger partial charge is 0.128 e. The van der Waals surface area contributed by atoms with E-state index in [1.807, 2.05) is 30.1 Å². The zero-order chi connectivity index (χ0) is 13.2. The molecule has 0 bridgehead atoms. The molecule has 98 valence electrons. The first-order chi connectivity index (χ1) is 9.29. The summed E-state index contributed by atoms with van der Waals surface area (Å²) >= 11 is 0. The molecule has 0 aliphatic carbocycles. The van der Waals surface area contributed by atoms with Crippen LogP contribution in [0.5, 0.6) is 5.75 Å². The highest BCUT2D eigenvalue weighted by molar-refractivity contribution is 5.86. The Hall–Kier alpha value is -2.23. The van der Waals surface area contributed by atoms with E-state index in [-0.39, 0.29) is 0 Å². The van der Waals surface area contributed by atoms with Crippen molar-refractivity contribution < 1.29 is 4.74 Å². The Labute approximate surface area is 112 Å². The molecule has 2 aromatic heterocycles. The lowest BCUT2D eigenvalue weighted by molar-refractivity contribution is 0.420. The molecule has 3 aromatic rings. The lowest BCUT2D eigenvalue weighted by Gasteiger charge is -2.07. The number of aryl methyl sites for hydroxylation is 3. The van der Waals surface area contributed by atoms with E-state index >= 15 is 0 Å². The summed E-state index contributed by atoms with van der Waals surface area (Å²) in [5.74, 6) is 0.928. The van der Waals surface area contributed by atoms with Crippen LogP contribution in [0.2, 0.25) is 0 Å². The van der Waals surface area contributed by atoms with Gasteiger partial charge >= 0.3 is 0 Å². The number of rotatable bonds is 4. The standard InChI is InChI=1S/C15H17N3O/c1-17-12(6-9-16-17)7-10-18-11-8-13-14(18)4-3-5-15(13)19-2/h3-6,8-9,11H,7,10H2,1-2H3. The summed E-state index contributed by atoms with van der Waals surface area (Å²) < 4.78 is 9.56. The van der Waals surface area contributed by atoms with Crippen molar-refractivity contribution in [3.8, 4) is 5.75 Å². The number of aromatic nitrogens is 3. The van der Waals surface area contributed by atoms with Gasteiger partial charge in [-0.15, -0.1) is 0 Å². The molecule has 0 saturated heterocycles. The van der Waals surface area contributed by atoms with Gasteiger partial charge < -0.3 is 9.30 Å². The van der Waals surface area contributed by atoms with Gasteiger partial charge in [0, 0.05) is 43.5 Å². The predicted molar refractivity (Wildman–Crippen MR) is 75.4 cm³/mol. The van der Waals surface area contributed by atoms with Crippen LogP contribution in [0.1, 0.15) is 5.69 Å². The van der Waals surface area contributed by atoms with Gasteiger partial charge in [0.15, 0.2) is 0 Å². The van der Waals surface area contributed by atoms with E-state index in [0.717, 1.165) is 24.1 Å². The maximum Gasteiger partial charge on any atom is 0.128 e. The van der Waals surface area contributed by atoms with Gasteiger partial charge in [-0.1, -0.05) is 6.07 Å². The molecule has 0 saturated carbocycles. The van der Waals surface area contributed by atoms with Crippen molar-refractivity contribution in [2.45, 2.75) is 13.0 Å². The minimum atomic E-state index is 0.928. The first-order valence-corrected chi connectivity index (χ1v) is 6.38. The molecule has 3 rings (SSSR count). The highest BCUT2D eigenvalue weighted by atomic mass is 16.5. The van der Waals surface area contributed by atoms with Crippen LogP contribution in [0.15, 0.2) is 42.7 Å². The van der Waals surface area contributed by atoms with Crippen molar-refractivity contribution in [1.29, 1.82) is 0 Å². The minimum Gasteiger partial charge on any atom is -0.496 e. The van der Waals surface area contributed by atoms with Crippen LogP contribution in [0.25, 0.3) is 10.9 Å². The number of hydrogen-bond donors (Lipinski definition) is 0. The van der Waals surface area contributed by atoms with Gasteiger partial charge in [0.1, 0.15) is 5.75 Å². The topological polar surface area (TPSA) is 32.0 Å². The van der Waals surface area contributed by atoms with E-state index in [0.29, 0.717) is 0 Å². The Kier molecular flexibility index (Phi) is 2.99. The van der Waals surface area contributed by atoms with Crippen LogP contribution in [-0.4, -0.2) is 21.5 Å². The molecule has 19 heavy (non-hydrogen) atoms. The molecular weight excluding hydrogens is 238 g/mol. The van der Waals surface area contributed by atoms with Gasteiger partial charge in [-0.3, -0.25) is 4.68 Å². The third-order valence-corrected chi connectivity index (χ3v) is 3.52. The monoisotopic (exact) mass is 255 g/mol. The molecule has 0 amide bonds. The fourth-order valence-corrected chi connectivity index (χ4v) is 2.45. The van der Waals surface area contributed by atoms with Crippen LogP contribution in [-0.2, 0) is 20.0 Å². The zero-order valence-electron chi connectivity index (χ0n) is 11.2. The summed E-state index contributed by atoms with van der Waals surface area (Å²) in [5, 5.41) is 5.36. The molecule has 4 heteroatoms. The number of fused-ring (bicyclic) bond motifs is 1. The molecule has 0 fully saturated rings. The summed E-state index contributed by atoms with van der Waals surface area (Å²) in [4.78, 5) is 0. The lowest BCUT2D eigenvalue weighted by Crippen LogP contribution is -2.04. The van der Waals surface area contributed by atoms with Crippen LogP contribution in [0.3, 0.4) is 0 Å². The van der Waals surface area contributed by atoms with E-state index < -0.39 is 0 Å². The Morgan fingerprint density at radius 2 is 2.11 bits per heavy atom. The van der Waals surface area contributed by atoms with Gasteiger partial charge in [0.2, 0.25) is 0 Å². The van der Waals surface area contributed by atoms with E-state index in [2.05, 4.69) is 34.1 Å². The highest BCUT2D eigenvalue weighted by Crippen LogP contribution is 2.26. The number of benzene rings is 1. The van der Waals surface area contributed by atoms with Crippen LogP contribution < -0.4 is 4.74 Å². The summed E-state index contributed by atoms with van der Waals surface area (Å²) in [6.45, 7) is 0.941. The summed E-state index contributed by atoms with van der Waals surface area (Å²) in [7, 11) is 3.69. The van der Waals surface area contributed by atoms with Crippen molar-refractivity contribution in [2.24, 2.45) is 7.05 Å². The molecule has 0 aliphatic rings. The maximum absolute atomic E-state index is 5.38. The lowest BCUT2D eigenvalue weighted by atomic mass is 10.2. The molecular formula is C15H17N3O. The Balaban J connectivity index is 1.88. The fourth-order valence-electron chi connectivity index (χ4n) is 2.45. The third kappa shape index (κ3) is 2.10. The number of ether oxygens (including phenoxy) is 1. The fraction of sp³-hybridized carbons (Fsp3) is 0.267. The van der Waals surface area contributed by atoms with Gasteiger partial charge in [0.25, 0.3) is 0 Å². The van der Waals surface area contributed by atoms with Crippen molar-refractivity contribution >= 4 is 10.9 Å². The van der Waals surface area contributed by atoms with Crippen molar-refractivity contribution in [3.63, 3.8) is 0 Å². The molecule has 0 N–H and O–H groups in total. The van der Waals surface area contributed by atoms with E-state index in [1.165, 1.54) is 11.2 Å². The summed E-state index contributed by atoms with van der Waals surface area (Å²) in [5.41, 5.74) is 2.45. The van der Waals surface area contributed by atoms with E-state index in [4.69, 9.17) is 4.74 Å². The van der Waals surface area contributed by atoms with Crippen molar-refractivity contribution in [3.05, 3.63) is 48.4 Å². The maximum atomic E-state index is 5.38. The van der Waals surface area contributed by atoms with E-state index in [1.54, 1.807) is 7.11 Å². The molecule has 0 spiro atoms. The molecule has 0 aliphatic heterocycles. The molecule has 4 nitrogen and oxygen atoms in total. The van der Waals surface area contributed by atoms with Crippen LogP contribution >= 0.6 is 0 Å². The summed E-state index contributed by atoms with van der Waals surface area (Å²) in [6.07, 6.45) is 4.92. The van der Waals surface area contributed by atoms with E-state index in [9.17, 15) is 0 Å². The van der Waals surface area contributed by atoms with Gasteiger partial charge in [-0.25, -0.2) is 0 Å². The largest absolute Gasteiger partial charge is 0.496 e. The number of nitrogens with zero attached hydrogens (tertiary/aromatic N) is 3. The first kappa shape index (κ1) is 11.8. The quantitative estimate of drug-likeness (QED) is 0.717. The molecule has 0 radical (unpaired) electrons. The second-order valence-electron chi connectivity index (χ2n) is 4.60. The SMILES string of the molecule is COc1cccc2c1ccn2CCc1ccnn1C.